The highest BCUT2D eigenvalue weighted by Crippen LogP contribution is 2.26. The van der Waals surface area contributed by atoms with Crippen molar-refractivity contribution in [2.75, 3.05) is 38.5 Å². The summed E-state index contributed by atoms with van der Waals surface area (Å²) in [6.45, 7) is 8.14. The first-order valence-corrected chi connectivity index (χ1v) is 12.8. The smallest absolute Gasteiger partial charge is 0.277 e. The minimum Gasteiger partial charge on any atom is -0.411 e. The van der Waals surface area contributed by atoms with Crippen LogP contribution in [0, 0.1) is 0 Å². The van der Waals surface area contributed by atoms with Gasteiger partial charge in [0.2, 0.25) is 21.8 Å². The molecule has 1 unspecified atom stereocenters. The number of ether oxygens (including phenoxy) is 1. The number of sulfonamides is 1. The molecule has 9 nitrogen and oxygen atoms in total. The van der Waals surface area contributed by atoms with E-state index in [1.807, 2.05) is 6.92 Å². The van der Waals surface area contributed by atoms with Crippen molar-refractivity contribution in [3.05, 3.63) is 24.3 Å². The highest BCUT2D eigenvalue weighted by Gasteiger charge is 2.24. The number of morpholine rings is 1. The van der Waals surface area contributed by atoms with E-state index in [2.05, 4.69) is 10.2 Å². The van der Waals surface area contributed by atoms with Gasteiger partial charge in [-0.3, -0.25) is 4.79 Å². The summed E-state index contributed by atoms with van der Waals surface area (Å²) >= 11 is 1.17. The van der Waals surface area contributed by atoms with Gasteiger partial charge in [-0.25, -0.2) is 8.42 Å². The number of nitrogens with zero attached hydrogens (tertiary/aromatic N) is 4. The maximum Gasteiger partial charge on any atom is 0.277 e. The van der Waals surface area contributed by atoms with Crippen LogP contribution in [0.5, 0.6) is 0 Å². The molecule has 31 heavy (non-hydrogen) atoms. The van der Waals surface area contributed by atoms with E-state index in [1.54, 1.807) is 36.9 Å². The first kappa shape index (κ1) is 23.7. The van der Waals surface area contributed by atoms with Gasteiger partial charge < -0.3 is 14.1 Å². The van der Waals surface area contributed by atoms with Gasteiger partial charge in [0.1, 0.15) is 0 Å². The molecule has 1 aromatic carbocycles. The molecule has 1 aromatic heterocycles. The lowest BCUT2D eigenvalue weighted by Gasteiger charge is -2.32. The minimum absolute atomic E-state index is 0.00110. The second kappa shape index (κ2) is 10.6. The monoisotopic (exact) mass is 468 g/mol. The molecule has 0 radical (unpaired) electrons. The topological polar surface area (TPSA) is 106 Å². The molecule has 1 fully saturated rings. The number of benzene rings is 1. The normalized spacial score (nSPS) is 17.3. The Bertz CT molecular complexity index is 991. The molecule has 170 valence electrons. The zero-order chi connectivity index (χ0) is 22.4. The summed E-state index contributed by atoms with van der Waals surface area (Å²) in [6.07, 6.45) is 0.949. The molecule has 3 rings (SSSR count). The van der Waals surface area contributed by atoms with Crippen molar-refractivity contribution in [2.45, 2.75) is 43.4 Å². The van der Waals surface area contributed by atoms with Crippen molar-refractivity contribution in [1.29, 1.82) is 0 Å². The largest absolute Gasteiger partial charge is 0.411 e. The van der Waals surface area contributed by atoms with E-state index in [4.69, 9.17) is 9.15 Å². The van der Waals surface area contributed by atoms with Crippen LogP contribution in [-0.4, -0.2) is 78.4 Å². The number of aromatic nitrogens is 2. The molecule has 1 amide bonds. The molecule has 0 saturated carbocycles. The van der Waals surface area contributed by atoms with E-state index in [-0.39, 0.29) is 33.8 Å². The van der Waals surface area contributed by atoms with E-state index >= 15 is 0 Å². The van der Waals surface area contributed by atoms with Gasteiger partial charge in [-0.2, -0.15) is 4.31 Å². The Labute approximate surface area is 187 Å². The van der Waals surface area contributed by atoms with Crippen LogP contribution in [0.2, 0.25) is 0 Å². The lowest BCUT2D eigenvalue weighted by Crippen LogP contribution is -2.46. The van der Waals surface area contributed by atoms with Crippen molar-refractivity contribution in [2.24, 2.45) is 0 Å². The quantitative estimate of drug-likeness (QED) is 0.517. The van der Waals surface area contributed by atoms with Crippen molar-refractivity contribution in [3.63, 3.8) is 0 Å². The van der Waals surface area contributed by atoms with Gasteiger partial charge in [-0.15, -0.1) is 10.2 Å². The Balaban J connectivity index is 1.66. The zero-order valence-corrected chi connectivity index (χ0v) is 19.6. The number of carbonyl (C=O) groups excluding carboxylic acids is 1. The van der Waals surface area contributed by atoms with Crippen LogP contribution in [0.15, 0.2) is 38.8 Å². The Morgan fingerprint density at radius 2 is 2.03 bits per heavy atom. The fraction of sp³-hybridized carbons (Fsp3) is 0.550. The number of thioether (sulfide) groups is 1. The fourth-order valence-corrected chi connectivity index (χ4v) is 5.46. The van der Waals surface area contributed by atoms with Crippen LogP contribution in [-0.2, 0) is 19.6 Å². The molecule has 1 atom stereocenters. The van der Waals surface area contributed by atoms with Crippen LogP contribution >= 0.6 is 11.8 Å². The molecule has 0 N–H and O–H groups in total. The molecule has 2 heterocycles. The van der Waals surface area contributed by atoms with Crippen LogP contribution in [0.1, 0.15) is 27.2 Å². The van der Waals surface area contributed by atoms with Crippen LogP contribution in [0.4, 0.5) is 0 Å². The van der Waals surface area contributed by atoms with Gasteiger partial charge in [-0.1, -0.05) is 38.6 Å². The maximum absolute atomic E-state index is 12.8. The molecular formula is C20H28N4O5S2. The highest BCUT2D eigenvalue weighted by atomic mass is 32.2. The van der Waals surface area contributed by atoms with E-state index in [0.717, 1.165) is 6.42 Å². The predicted octanol–water partition coefficient (Wildman–Crippen LogP) is 2.50. The Morgan fingerprint density at radius 3 is 2.74 bits per heavy atom. The second-order valence-corrected chi connectivity index (χ2v) is 9.88. The Hall–Kier alpha value is -1.95. The van der Waals surface area contributed by atoms with Crippen LogP contribution < -0.4 is 0 Å². The van der Waals surface area contributed by atoms with E-state index in [0.29, 0.717) is 38.3 Å². The van der Waals surface area contributed by atoms with Crippen molar-refractivity contribution in [1.82, 2.24) is 19.4 Å². The third-order valence-corrected chi connectivity index (χ3v) is 7.95. The molecular weight excluding hydrogens is 440 g/mol. The summed E-state index contributed by atoms with van der Waals surface area (Å²) in [5, 5.41) is 8.28. The molecule has 0 spiro atoms. The minimum atomic E-state index is -3.59. The number of amides is 1. The molecule has 0 bridgehead atoms. The van der Waals surface area contributed by atoms with Gasteiger partial charge in [0.15, 0.2) is 0 Å². The van der Waals surface area contributed by atoms with Crippen molar-refractivity contribution >= 4 is 27.7 Å². The molecule has 0 aliphatic carbocycles. The summed E-state index contributed by atoms with van der Waals surface area (Å²) in [5.41, 5.74) is 0.512. The van der Waals surface area contributed by atoms with E-state index in [9.17, 15) is 13.2 Å². The summed E-state index contributed by atoms with van der Waals surface area (Å²) in [7, 11) is -3.59. The fourth-order valence-electron chi connectivity index (χ4n) is 3.29. The van der Waals surface area contributed by atoms with E-state index in [1.165, 1.54) is 22.1 Å². The van der Waals surface area contributed by atoms with Gasteiger partial charge in [-0.05, 0) is 24.6 Å². The first-order valence-electron chi connectivity index (χ1n) is 10.3. The van der Waals surface area contributed by atoms with Crippen LogP contribution in [0.3, 0.4) is 0 Å². The molecule has 1 aliphatic rings. The van der Waals surface area contributed by atoms with Crippen molar-refractivity contribution < 1.29 is 22.4 Å². The maximum atomic E-state index is 12.8. The average molecular weight is 469 g/mol. The number of carbonyl (C=O) groups is 1. The first-order chi connectivity index (χ1) is 14.9. The zero-order valence-electron chi connectivity index (χ0n) is 18.0. The SMILES string of the molecule is CCC1CN(C(=O)CSc2nnc(-c3cccc(S(=O)(=O)N(CC)CC)c3)o2)CCO1. The number of hydrogen-bond donors (Lipinski definition) is 0. The highest BCUT2D eigenvalue weighted by molar-refractivity contribution is 7.99. The summed E-state index contributed by atoms with van der Waals surface area (Å²) in [4.78, 5) is 14.4. The Morgan fingerprint density at radius 1 is 1.26 bits per heavy atom. The standard InChI is InChI=1S/C20H28N4O5S2/c1-4-16-13-23(10-11-28-16)18(25)14-30-20-22-21-19(29-20)15-8-7-9-17(12-15)31(26,27)24(5-2)6-3/h7-9,12,16H,4-6,10-11,13-14H2,1-3H3. The van der Waals surface area contributed by atoms with Gasteiger partial charge >= 0.3 is 0 Å². The molecule has 1 aliphatic heterocycles. The lowest BCUT2D eigenvalue weighted by atomic mass is 10.2. The van der Waals surface area contributed by atoms with Gasteiger partial charge in [0.05, 0.1) is 23.4 Å². The third kappa shape index (κ3) is 5.65. The molecule has 11 heteroatoms. The van der Waals surface area contributed by atoms with Gasteiger partial charge in [0.25, 0.3) is 5.22 Å². The summed E-state index contributed by atoms with van der Waals surface area (Å²) < 4.78 is 38.2. The molecule has 2 aromatic rings. The summed E-state index contributed by atoms with van der Waals surface area (Å²) in [5.74, 6) is 0.400. The Kier molecular flexibility index (Phi) is 8.09. The second-order valence-electron chi connectivity index (χ2n) is 7.02. The average Bonchev–Trinajstić information content (AvgIpc) is 3.27. The van der Waals surface area contributed by atoms with Crippen molar-refractivity contribution in [3.8, 4) is 11.5 Å². The van der Waals surface area contributed by atoms with Gasteiger partial charge in [0, 0.05) is 31.7 Å². The summed E-state index contributed by atoms with van der Waals surface area (Å²) in [6, 6.07) is 6.44. The number of rotatable bonds is 9. The van der Waals surface area contributed by atoms with E-state index < -0.39 is 10.0 Å². The van der Waals surface area contributed by atoms with Crippen LogP contribution in [0.25, 0.3) is 11.5 Å². The molecule has 1 saturated heterocycles. The lowest BCUT2D eigenvalue weighted by molar-refractivity contribution is -0.135. The third-order valence-electron chi connectivity index (χ3n) is 5.10. The number of hydrogen-bond acceptors (Lipinski definition) is 8. The predicted molar refractivity (Wildman–Crippen MR) is 117 cm³/mol.